The van der Waals surface area contributed by atoms with Crippen LogP contribution in [-0.2, 0) is 6.42 Å². The number of amides is 1. The van der Waals surface area contributed by atoms with Crippen LogP contribution < -0.4 is 0 Å². The number of H-pyrrole nitrogens is 1. The first kappa shape index (κ1) is 17.0. The molecule has 1 fully saturated rings. The van der Waals surface area contributed by atoms with Crippen molar-refractivity contribution in [2.24, 2.45) is 5.41 Å². The highest BCUT2D eigenvalue weighted by Gasteiger charge is 2.36. The molecule has 2 aromatic rings. The van der Waals surface area contributed by atoms with Gasteiger partial charge in [-0.05, 0) is 37.8 Å². The average Bonchev–Trinajstić information content (AvgIpc) is 3.03. The minimum Gasteiger partial charge on any atom is -0.396 e. The molecule has 1 aliphatic rings. The largest absolute Gasteiger partial charge is 0.396 e. The second-order valence-corrected chi connectivity index (χ2v) is 7.00. The van der Waals surface area contributed by atoms with Gasteiger partial charge in [-0.3, -0.25) is 4.79 Å². The van der Waals surface area contributed by atoms with Crippen molar-refractivity contribution in [2.75, 3.05) is 19.7 Å². The van der Waals surface area contributed by atoms with Gasteiger partial charge in [0.25, 0.3) is 5.91 Å². The maximum absolute atomic E-state index is 12.6. The van der Waals surface area contributed by atoms with Crippen LogP contribution in [0, 0.1) is 12.3 Å². The van der Waals surface area contributed by atoms with E-state index in [-0.39, 0.29) is 17.9 Å². The lowest BCUT2D eigenvalue weighted by atomic mass is 9.74. The molecule has 1 aliphatic heterocycles. The van der Waals surface area contributed by atoms with Gasteiger partial charge in [-0.1, -0.05) is 29.8 Å². The standard InChI is InChI=1S/C18H22ClN3O2/c1-13-16(21-12-20-13)17(24)22-8-6-18(11-23,7-9-22)10-14-4-2-3-5-15(14)19/h2-5,12,23H,6-11H2,1H3,(H,20,21). The molecule has 0 bridgehead atoms. The van der Waals surface area contributed by atoms with Crippen molar-refractivity contribution in [2.45, 2.75) is 26.2 Å². The Morgan fingerprint density at radius 1 is 1.38 bits per heavy atom. The average molecular weight is 348 g/mol. The van der Waals surface area contributed by atoms with Crippen molar-refractivity contribution >= 4 is 17.5 Å². The summed E-state index contributed by atoms with van der Waals surface area (Å²) >= 11 is 6.27. The first-order valence-corrected chi connectivity index (χ1v) is 8.56. The van der Waals surface area contributed by atoms with Crippen LogP contribution in [0.15, 0.2) is 30.6 Å². The molecule has 3 rings (SSSR count). The number of aliphatic hydroxyl groups excluding tert-OH is 1. The summed E-state index contributed by atoms with van der Waals surface area (Å²) in [6.45, 7) is 3.19. The van der Waals surface area contributed by atoms with E-state index in [1.807, 2.05) is 36.1 Å². The highest BCUT2D eigenvalue weighted by molar-refractivity contribution is 6.31. The molecule has 24 heavy (non-hydrogen) atoms. The Balaban J connectivity index is 1.69. The summed E-state index contributed by atoms with van der Waals surface area (Å²) in [5.74, 6) is -0.0435. The van der Waals surface area contributed by atoms with E-state index in [1.165, 1.54) is 0 Å². The molecule has 0 aliphatic carbocycles. The normalized spacial score (nSPS) is 17.0. The molecule has 128 valence electrons. The minimum atomic E-state index is -0.220. The third-order valence-electron chi connectivity index (χ3n) is 5.00. The van der Waals surface area contributed by atoms with E-state index in [9.17, 15) is 9.90 Å². The number of rotatable bonds is 4. The van der Waals surface area contributed by atoms with Gasteiger partial charge in [0.15, 0.2) is 0 Å². The van der Waals surface area contributed by atoms with Gasteiger partial charge in [-0.15, -0.1) is 0 Å². The van der Waals surface area contributed by atoms with Gasteiger partial charge in [-0.2, -0.15) is 0 Å². The van der Waals surface area contributed by atoms with Crippen LogP contribution in [0.2, 0.25) is 5.02 Å². The summed E-state index contributed by atoms with van der Waals surface area (Å²) in [7, 11) is 0. The topological polar surface area (TPSA) is 69.2 Å². The van der Waals surface area contributed by atoms with Gasteiger partial charge >= 0.3 is 0 Å². The Morgan fingerprint density at radius 3 is 2.67 bits per heavy atom. The lowest BCUT2D eigenvalue weighted by molar-refractivity contribution is 0.0355. The van der Waals surface area contributed by atoms with Gasteiger partial charge in [0.1, 0.15) is 5.69 Å². The number of piperidine rings is 1. The molecule has 1 aromatic heterocycles. The molecule has 6 heteroatoms. The first-order chi connectivity index (χ1) is 11.5. The summed E-state index contributed by atoms with van der Waals surface area (Å²) in [6.07, 6.45) is 3.78. The molecule has 1 saturated heterocycles. The monoisotopic (exact) mass is 347 g/mol. The van der Waals surface area contributed by atoms with Crippen molar-refractivity contribution in [1.82, 2.24) is 14.9 Å². The molecular weight excluding hydrogens is 326 g/mol. The van der Waals surface area contributed by atoms with Crippen molar-refractivity contribution in [3.05, 3.63) is 52.6 Å². The van der Waals surface area contributed by atoms with Gasteiger partial charge in [0.2, 0.25) is 0 Å². The fourth-order valence-electron chi connectivity index (χ4n) is 3.34. The molecule has 2 heterocycles. The number of nitrogens with one attached hydrogen (secondary N) is 1. The second kappa shape index (κ2) is 6.95. The van der Waals surface area contributed by atoms with Crippen molar-refractivity contribution in [3.63, 3.8) is 0 Å². The zero-order valence-electron chi connectivity index (χ0n) is 13.8. The molecule has 0 saturated carbocycles. The van der Waals surface area contributed by atoms with E-state index in [1.54, 1.807) is 6.33 Å². The number of carbonyl (C=O) groups is 1. The van der Waals surface area contributed by atoms with Gasteiger partial charge < -0.3 is 15.0 Å². The number of aliphatic hydroxyl groups is 1. The number of hydrogen-bond acceptors (Lipinski definition) is 3. The molecule has 0 spiro atoms. The quantitative estimate of drug-likeness (QED) is 0.893. The number of hydrogen-bond donors (Lipinski definition) is 2. The molecule has 5 nitrogen and oxygen atoms in total. The number of likely N-dealkylation sites (tertiary alicyclic amines) is 1. The van der Waals surface area contributed by atoms with Crippen LogP contribution in [-0.4, -0.2) is 45.6 Å². The predicted molar refractivity (Wildman–Crippen MR) is 93.1 cm³/mol. The van der Waals surface area contributed by atoms with Crippen molar-refractivity contribution in [1.29, 1.82) is 0 Å². The predicted octanol–water partition coefficient (Wildman–Crippen LogP) is 2.83. The Morgan fingerprint density at radius 2 is 2.08 bits per heavy atom. The van der Waals surface area contributed by atoms with Crippen LogP contribution in [0.4, 0.5) is 0 Å². The fourth-order valence-corrected chi connectivity index (χ4v) is 3.55. The Bertz CT molecular complexity index is 721. The van der Waals surface area contributed by atoms with E-state index in [0.717, 1.165) is 35.5 Å². The van der Waals surface area contributed by atoms with E-state index in [0.29, 0.717) is 18.8 Å². The highest BCUT2D eigenvalue weighted by Crippen LogP contribution is 2.36. The smallest absolute Gasteiger partial charge is 0.274 e. The van der Waals surface area contributed by atoms with Crippen molar-refractivity contribution < 1.29 is 9.90 Å². The molecule has 1 aromatic carbocycles. The Labute approximate surface area is 146 Å². The SMILES string of the molecule is Cc1[nH]cnc1C(=O)N1CCC(CO)(Cc2ccccc2Cl)CC1. The maximum Gasteiger partial charge on any atom is 0.274 e. The van der Waals surface area contributed by atoms with E-state index in [4.69, 9.17) is 11.6 Å². The number of aromatic nitrogens is 2. The van der Waals surface area contributed by atoms with Crippen LogP contribution in [0.1, 0.15) is 34.6 Å². The van der Waals surface area contributed by atoms with Gasteiger partial charge in [-0.25, -0.2) is 4.98 Å². The molecular formula is C18H22ClN3O2. The maximum atomic E-state index is 12.6. The van der Waals surface area contributed by atoms with Crippen molar-refractivity contribution in [3.8, 4) is 0 Å². The number of aryl methyl sites for hydroxylation is 1. The van der Waals surface area contributed by atoms with E-state index < -0.39 is 0 Å². The Hall–Kier alpha value is -1.85. The summed E-state index contributed by atoms with van der Waals surface area (Å²) in [4.78, 5) is 21.4. The summed E-state index contributed by atoms with van der Waals surface area (Å²) < 4.78 is 0. The molecule has 0 radical (unpaired) electrons. The highest BCUT2D eigenvalue weighted by atomic mass is 35.5. The number of aromatic amines is 1. The van der Waals surface area contributed by atoms with Gasteiger partial charge in [0.05, 0.1) is 6.33 Å². The molecule has 2 N–H and O–H groups in total. The molecule has 0 atom stereocenters. The van der Waals surface area contributed by atoms with E-state index in [2.05, 4.69) is 9.97 Å². The number of carbonyl (C=O) groups excluding carboxylic acids is 1. The number of nitrogens with zero attached hydrogens (tertiary/aromatic N) is 2. The van der Waals surface area contributed by atoms with E-state index >= 15 is 0 Å². The number of halogens is 1. The number of benzene rings is 1. The summed E-state index contributed by atoms with van der Waals surface area (Å²) in [5.41, 5.74) is 2.10. The molecule has 1 amide bonds. The summed E-state index contributed by atoms with van der Waals surface area (Å²) in [6, 6.07) is 7.75. The fraction of sp³-hybridized carbons (Fsp3) is 0.444. The van der Waals surface area contributed by atoms with Crippen LogP contribution in [0.5, 0.6) is 0 Å². The van der Waals surface area contributed by atoms with Crippen LogP contribution in [0.3, 0.4) is 0 Å². The third-order valence-corrected chi connectivity index (χ3v) is 5.37. The summed E-state index contributed by atoms with van der Waals surface area (Å²) in [5, 5.41) is 10.7. The lowest BCUT2D eigenvalue weighted by Crippen LogP contribution is -2.45. The van der Waals surface area contributed by atoms with Crippen LogP contribution >= 0.6 is 11.6 Å². The zero-order valence-corrected chi connectivity index (χ0v) is 14.5. The number of imidazole rings is 1. The Kier molecular flexibility index (Phi) is 4.92. The minimum absolute atomic E-state index is 0.0435. The van der Waals surface area contributed by atoms with Gasteiger partial charge in [0, 0.05) is 35.8 Å². The first-order valence-electron chi connectivity index (χ1n) is 8.18. The zero-order chi connectivity index (χ0) is 17.2. The lowest BCUT2D eigenvalue weighted by Gasteiger charge is -2.41. The van der Waals surface area contributed by atoms with Crippen LogP contribution in [0.25, 0.3) is 0 Å². The second-order valence-electron chi connectivity index (χ2n) is 6.59. The molecule has 0 unspecified atom stereocenters. The third kappa shape index (κ3) is 3.32.